The van der Waals surface area contributed by atoms with E-state index in [0.717, 1.165) is 23.9 Å². The highest BCUT2D eigenvalue weighted by molar-refractivity contribution is 9.10. The molecule has 4 heteroatoms. The van der Waals surface area contributed by atoms with Gasteiger partial charge in [0.2, 0.25) is 0 Å². The summed E-state index contributed by atoms with van der Waals surface area (Å²) < 4.78 is 1.11. The van der Waals surface area contributed by atoms with Crippen molar-refractivity contribution in [3.63, 3.8) is 0 Å². The molecule has 0 spiro atoms. The van der Waals surface area contributed by atoms with Gasteiger partial charge in [-0.1, -0.05) is 34.1 Å². The Labute approximate surface area is 110 Å². The Kier molecular flexibility index (Phi) is 3.84. The number of nitrogens with zero attached hydrogens (tertiary/aromatic N) is 1. The monoisotopic (exact) mass is 297 g/mol. The van der Waals surface area contributed by atoms with Gasteiger partial charge in [0.25, 0.3) is 0 Å². The standard InChI is InChI=1S/C13H16BrNO2/c1-15(11-6-10(7-11)13(16)17)8-9-4-2-3-5-12(9)14/h2-5,10-11H,6-8H2,1H3,(H,16,17). The molecule has 1 N–H and O–H groups in total. The van der Waals surface area contributed by atoms with Gasteiger partial charge in [-0.25, -0.2) is 0 Å². The minimum absolute atomic E-state index is 0.137. The number of hydrogen-bond acceptors (Lipinski definition) is 2. The molecule has 0 heterocycles. The van der Waals surface area contributed by atoms with Crippen LogP contribution in [-0.4, -0.2) is 29.1 Å². The maximum Gasteiger partial charge on any atom is 0.306 e. The van der Waals surface area contributed by atoms with Crippen molar-refractivity contribution in [3.8, 4) is 0 Å². The minimum Gasteiger partial charge on any atom is -0.481 e. The molecule has 3 nitrogen and oxygen atoms in total. The molecule has 2 rings (SSSR count). The third-order valence-corrected chi connectivity index (χ3v) is 4.24. The quantitative estimate of drug-likeness (QED) is 0.929. The van der Waals surface area contributed by atoms with Crippen molar-refractivity contribution in [1.82, 2.24) is 4.90 Å². The highest BCUT2D eigenvalue weighted by Gasteiger charge is 2.36. The van der Waals surface area contributed by atoms with Gasteiger partial charge in [0.15, 0.2) is 0 Å². The number of hydrogen-bond donors (Lipinski definition) is 1. The predicted octanol–water partition coefficient (Wildman–Crippen LogP) is 2.74. The molecule has 0 aromatic heterocycles. The van der Waals surface area contributed by atoms with Crippen LogP contribution in [0.5, 0.6) is 0 Å². The first kappa shape index (κ1) is 12.6. The summed E-state index contributed by atoms with van der Waals surface area (Å²) in [6.45, 7) is 0.860. The van der Waals surface area contributed by atoms with Gasteiger partial charge in [-0.05, 0) is 31.5 Å². The average molecular weight is 298 g/mol. The second-order valence-corrected chi connectivity index (χ2v) is 5.52. The lowest BCUT2D eigenvalue weighted by Gasteiger charge is -2.39. The first-order chi connectivity index (χ1) is 8.08. The molecule has 1 aromatic rings. The van der Waals surface area contributed by atoms with Crippen LogP contribution < -0.4 is 0 Å². The van der Waals surface area contributed by atoms with Crippen LogP contribution in [0.15, 0.2) is 28.7 Å². The summed E-state index contributed by atoms with van der Waals surface area (Å²) in [6.07, 6.45) is 1.55. The van der Waals surface area contributed by atoms with Crippen molar-refractivity contribution >= 4 is 21.9 Å². The lowest BCUT2D eigenvalue weighted by molar-refractivity contribution is -0.146. The molecule has 17 heavy (non-hydrogen) atoms. The van der Waals surface area contributed by atoms with Crippen LogP contribution in [0, 0.1) is 5.92 Å². The third kappa shape index (κ3) is 2.87. The van der Waals surface area contributed by atoms with Crippen molar-refractivity contribution in [2.24, 2.45) is 5.92 Å². The van der Waals surface area contributed by atoms with Gasteiger partial charge in [-0.15, -0.1) is 0 Å². The summed E-state index contributed by atoms with van der Waals surface area (Å²) in [5.41, 5.74) is 1.24. The SMILES string of the molecule is CN(Cc1ccccc1Br)C1CC(C(=O)O)C1. The zero-order chi connectivity index (χ0) is 12.4. The molecule has 0 saturated heterocycles. The Bertz CT molecular complexity index is 416. The molecule has 1 saturated carbocycles. The first-order valence-corrected chi connectivity index (χ1v) is 6.53. The van der Waals surface area contributed by atoms with Crippen LogP contribution in [-0.2, 0) is 11.3 Å². The zero-order valence-corrected chi connectivity index (χ0v) is 11.4. The Morgan fingerprint density at radius 3 is 2.71 bits per heavy atom. The van der Waals surface area contributed by atoms with E-state index in [2.05, 4.69) is 33.9 Å². The van der Waals surface area contributed by atoms with Gasteiger partial charge in [-0.2, -0.15) is 0 Å². The maximum absolute atomic E-state index is 10.7. The van der Waals surface area contributed by atoms with E-state index in [0.29, 0.717) is 6.04 Å². The molecule has 0 radical (unpaired) electrons. The van der Waals surface area contributed by atoms with E-state index in [1.165, 1.54) is 5.56 Å². The van der Waals surface area contributed by atoms with E-state index < -0.39 is 5.97 Å². The molecule has 1 fully saturated rings. The van der Waals surface area contributed by atoms with Gasteiger partial charge in [0.1, 0.15) is 0 Å². The molecule has 1 aliphatic carbocycles. The maximum atomic E-state index is 10.7. The summed E-state index contributed by atoms with van der Waals surface area (Å²) in [6, 6.07) is 8.55. The predicted molar refractivity (Wildman–Crippen MR) is 69.8 cm³/mol. The Balaban J connectivity index is 1.89. The van der Waals surface area contributed by atoms with Crippen LogP contribution in [0.3, 0.4) is 0 Å². The number of halogens is 1. The molecular weight excluding hydrogens is 282 g/mol. The number of rotatable bonds is 4. The van der Waals surface area contributed by atoms with Crippen molar-refractivity contribution in [2.75, 3.05) is 7.05 Å². The summed E-state index contributed by atoms with van der Waals surface area (Å²) in [4.78, 5) is 13.0. The summed E-state index contributed by atoms with van der Waals surface area (Å²) >= 11 is 3.53. The molecule has 0 unspecified atom stereocenters. The van der Waals surface area contributed by atoms with Gasteiger partial charge >= 0.3 is 5.97 Å². The number of carboxylic acids is 1. The molecule has 0 bridgehead atoms. The summed E-state index contributed by atoms with van der Waals surface area (Å²) in [7, 11) is 2.06. The number of benzene rings is 1. The van der Waals surface area contributed by atoms with E-state index in [1.807, 2.05) is 18.2 Å². The highest BCUT2D eigenvalue weighted by atomic mass is 79.9. The van der Waals surface area contributed by atoms with Crippen LogP contribution in [0.4, 0.5) is 0 Å². The first-order valence-electron chi connectivity index (χ1n) is 5.74. The third-order valence-electron chi connectivity index (χ3n) is 3.46. The second kappa shape index (κ2) is 5.19. The minimum atomic E-state index is -0.657. The van der Waals surface area contributed by atoms with E-state index in [4.69, 9.17) is 5.11 Å². The van der Waals surface area contributed by atoms with E-state index >= 15 is 0 Å². The van der Waals surface area contributed by atoms with Crippen molar-refractivity contribution in [3.05, 3.63) is 34.3 Å². The van der Waals surface area contributed by atoms with Gasteiger partial charge in [-0.3, -0.25) is 9.69 Å². The van der Waals surface area contributed by atoms with Crippen LogP contribution in [0.2, 0.25) is 0 Å². The smallest absolute Gasteiger partial charge is 0.306 e. The highest BCUT2D eigenvalue weighted by Crippen LogP contribution is 2.32. The van der Waals surface area contributed by atoms with Gasteiger partial charge in [0, 0.05) is 17.1 Å². The van der Waals surface area contributed by atoms with Crippen molar-refractivity contribution in [2.45, 2.75) is 25.4 Å². The Hall–Kier alpha value is -0.870. The number of aliphatic carboxylic acids is 1. The summed E-state index contributed by atoms with van der Waals surface area (Å²) in [5, 5.41) is 8.84. The largest absolute Gasteiger partial charge is 0.481 e. The molecule has 1 aromatic carbocycles. The zero-order valence-electron chi connectivity index (χ0n) is 9.77. The normalized spacial score (nSPS) is 23.5. The molecule has 1 aliphatic rings. The fraction of sp³-hybridized carbons (Fsp3) is 0.462. The number of carbonyl (C=O) groups is 1. The molecular formula is C13H16BrNO2. The second-order valence-electron chi connectivity index (χ2n) is 4.67. The lowest BCUT2D eigenvalue weighted by Crippen LogP contribution is -2.44. The molecule has 0 aliphatic heterocycles. The fourth-order valence-electron chi connectivity index (χ4n) is 2.17. The Morgan fingerprint density at radius 1 is 1.47 bits per heavy atom. The average Bonchev–Trinajstić information content (AvgIpc) is 2.18. The molecule has 0 atom stereocenters. The van der Waals surface area contributed by atoms with Gasteiger partial charge < -0.3 is 5.11 Å². The lowest BCUT2D eigenvalue weighted by atomic mass is 9.79. The molecule has 92 valence electrons. The van der Waals surface area contributed by atoms with E-state index in [1.54, 1.807) is 0 Å². The topological polar surface area (TPSA) is 40.5 Å². The van der Waals surface area contributed by atoms with Crippen LogP contribution >= 0.6 is 15.9 Å². The van der Waals surface area contributed by atoms with E-state index in [9.17, 15) is 4.79 Å². The van der Waals surface area contributed by atoms with Crippen LogP contribution in [0.25, 0.3) is 0 Å². The molecule has 0 amide bonds. The number of carboxylic acid groups (broad SMARTS) is 1. The Morgan fingerprint density at radius 2 is 2.12 bits per heavy atom. The van der Waals surface area contributed by atoms with Crippen molar-refractivity contribution in [1.29, 1.82) is 0 Å². The van der Waals surface area contributed by atoms with Crippen molar-refractivity contribution < 1.29 is 9.90 Å². The van der Waals surface area contributed by atoms with E-state index in [-0.39, 0.29) is 5.92 Å². The fourth-order valence-corrected chi connectivity index (χ4v) is 2.58. The van der Waals surface area contributed by atoms with Crippen LogP contribution in [0.1, 0.15) is 18.4 Å². The summed E-state index contributed by atoms with van der Waals surface area (Å²) in [5.74, 6) is -0.794. The van der Waals surface area contributed by atoms with Gasteiger partial charge in [0.05, 0.1) is 5.92 Å².